The van der Waals surface area contributed by atoms with E-state index in [0.717, 1.165) is 4.47 Å². The van der Waals surface area contributed by atoms with Crippen molar-refractivity contribution >= 4 is 50.8 Å². The van der Waals surface area contributed by atoms with Gasteiger partial charge in [-0.2, -0.15) is 0 Å². The van der Waals surface area contributed by atoms with Crippen molar-refractivity contribution in [2.45, 2.75) is 32.3 Å². The molecule has 0 saturated heterocycles. The van der Waals surface area contributed by atoms with E-state index in [4.69, 9.17) is 10.5 Å². The number of ether oxygens (including phenoxy) is 1. The molecule has 0 radical (unpaired) electrons. The van der Waals surface area contributed by atoms with E-state index in [9.17, 15) is 19.5 Å². The summed E-state index contributed by atoms with van der Waals surface area (Å²) in [5.41, 5.74) is 8.32. The Morgan fingerprint density at radius 1 is 1.05 bits per heavy atom. The Hall–Kier alpha value is -4.11. The fourth-order valence-electron chi connectivity index (χ4n) is 3.52. The lowest BCUT2D eigenvalue weighted by molar-refractivity contribution is -0.111. The van der Waals surface area contributed by atoms with Crippen LogP contribution < -0.4 is 16.4 Å². The van der Waals surface area contributed by atoms with Crippen molar-refractivity contribution in [1.29, 1.82) is 0 Å². The topological polar surface area (TPSA) is 131 Å². The number of halogens is 1. The Labute approximate surface area is 223 Å². The Balaban J connectivity index is 1.60. The number of anilines is 3. The van der Waals surface area contributed by atoms with Crippen LogP contribution in [-0.2, 0) is 9.53 Å². The SMILES string of the molecule is CC(=O)c1ccc(NC(=O)O[C@H](CCC/C=C/C(=O)Nc2ccccc2N)c2cc(Br)ccc2O)cc1. The normalized spacial score (nSPS) is 11.6. The summed E-state index contributed by atoms with van der Waals surface area (Å²) in [6.45, 7) is 1.46. The number of phenolic OH excluding ortho intramolecular Hbond substituents is 1. The van der Waals surface area contributed by atoms with E-state index in [-0.39, 0.29) is 17.4 Å². The van der Waals surface area contributed by atoms with Crippen molar-refractivity contribution in [3.63, 3.8) is 0 Å². The van der Waals surface area contributed by atoms with Gasteiger partial charge in [0.05, 0.1) is 11.4 Å². The molecule has 0 aliphatic heterocycles. The van der Waals surface area contributed by atoms with Gasteiger partial charge >= 0.3 is 6.09 Å². The van der Waals surface area contributed by atoms with Crippen molar-refractivity contribution < 1.29 is 24.2 Å². The molecule has 3 aromatic rings. The lowest BCUT2D eigenvalue weighted by Gasteiger charge is -2.20. The Bertz CT molecular complexity index is 1290. The van der Waals surface area contributed by atoms with Gasteiger partial charge in [0, 0.05) is 21.3 Å². The van der Waals surface area contributed by atoms with Gasteiger partial charge in [-0.15, -0.1) is 0 Å². The minimum atomic E-state index is -0.736. The second kappa shape index (κ2) is 13.3. The summed E-state index contributed by atoms with van der Waals surface area (Å²) < 4.78 is 6.39. The van der Waals surface area contributed by atoms with Gasteiger partial charge in [-0.05, 0) is 86.9 Å². The lowest BCUT2D eigenvalue weighted by Crippen LogP contribution is -2.18. The quantitative estimate of drug-likeness (QED) is 0.0948. The van der Waals surface area contributed by atoms with Gasteiger partial charge in [0.25, 0.3) is 0 Å². The van der Waals surface area contributed by atoms with Crippen molar-refractivity contribution in [3.05, 3.63) is 94.5 Å². The molecular formula is C28H28BrN3O5. The molecule has 2 amide bonds. The summed E-state index contributed by atoms with van der Waals surface area (Å²) in [7, 11) is 0. The third kappa shape index (κ3) is 8.50. The first-order chi connectivity index (χ1) is 17.7. The number of hydrogen-bond acceptors (Lipinski definition) is 6. The number of ketones is 1. The smallest absolute Gasteiger partial charge is 0.412 e. The molecule has 0 bridgehead atoms. The number of benzene rings is 3. The largest absolute Gasteiger partial charge is 0.508 e. The van der Waals surface area contributed by atoms with Gasteiger partial charge in [-0.25, -0.2) is 4.79 Å². The van der Waals surface area contributed by atoms with Crippen molar-refractivity contribution in [3.8, 4) is 5.75 Å². The number of unbranched alkanes of at least 4 members (excludes halogenated alkanes) is 1. The second-order valence-electron chi connectivity index (χ2n) is 8.27. The number of Topliss-reactive ketones (excluding diaryl/α,β-unsaturated/α-hetero) is 1. The van der Waals surface area contributed by atoms with Crippen molar-refractivity contribution in [2.24, 2.45) is 0 Å². The van der Waals surface area contributed by atoms with Crippen LogP contribution in [0.25, 0.3) is 0 Å². The van der Waals surface area contributed by atoms with E-state index in [1.165, 1.54) is 19.1 Å². The van der Waals surface area contributed by atoms with Gasteiger partial charge in [-0.1, -0.05) is 34.1 Å². The zero-order valence-corrected chi connectivity index (χ0v) is 21.8. The summed E-state index contributed by atoms with van der Waals surface area (Å²) >= 11 is 3.38. The van der Waals surface area contributed by atoms with Gasteiger partial charge in [-0.3, -0.25) is 14.9 Å². The van der Waals surface area contributed by atoms with Crippen LogP contribution >= 0.6 is 15.9 Å². The number of nitrogens with one attached hydrogen (secondary N) is 2. The Morgan fingerprint density at radius 3 is 2.49 bits per heavy atom. The number of nitrogens with two attached hydrogens (primary N) is 1. The maximum Gasteiger partial charge on any atom is 0.412 e. The molecule has 0 heterocycles. The Kier molecular flexibility index (Phi) is 9.85. The first-order valence-corrected chi connectivity index (χ1v) is 12.4. The summed E-state index contributed by atoms with van der Waals surface area (Å²) in [5, 5.41) is 15.8. The molecule has 0 aliphatic carbocycles. The molecule has 0 unspecified atom stereocenters. The van der Waals surface area contributed by atoms with Crippen LogP contribution in [0.5, 0.6) is 5.75 Å². The number of rotatable bonds is 10. The average Bonchev–Trinajstić information content (AvgIpc) is 2.86. The minimum Gasteiger partial charge on any atom is -0.508 e. The highest BCUT2D eigenvalue weighted by atomic mass is 79.9. The molecule has 0 spiro atoms. The van der Waals surface area contributed by atoms with Crippen LogP contribution in [0, 0.1) is 0 Å². The molecule has 0 saturated carbocycles. The molecule has 5 N–H and O–H groups in total. The molecule has 0 aliphatic rings. The third-order valence-corrected chi connectivity index (χ3v) is 5.94. The summed E-state index contributed by atoms with van der Waals surface area (Å²) in [6, 6.07) is 18.4. The number of para-hydroxylation sites is 2. The van der Waals surface area contributed by atoms with E-state index in [2.05, 4.69) is 26.6 Å². The predicted molar refractivity (Wildman–Crippen MR) is 148 cm³/mol. The maximum atomic E-state index is 12.6. The molecular weight excluding hydrogens is 538 g/mol. The molecule has 9 heteroatoms. The van der Waals surface area contributed by atoms with Crippen LogP contribution in [0.3, 0.4) is 0 Å². The first-order valence-electron chi connectivity index (χ1n) is 11.6. The molecule has 1 atom stereocenters. The highest BCUT2D eigenvalue weighted by molar-refractivity contribution is 9.10. The number of carbonyl (C=O) groups excluding carboxylic acids is 3. The number of hydrogen-bond donors (Lipinski definition) is 4. The van der Waals surface area contributed by atoms with Crippen LogP contribution in [-0.4, -0.2) is 22.9 Å². The van der Waals surface area contributed by atoms with Crippen LogP contribution in [0.2, 0.25) is 0 Å². The standard InChI is InChI=1S/C28H28BrN3O5/c1-18(33)19-11-14-21(15-12-19)31-28(36)37-26(22-17-20(29)13-16-25(22)34)9-3-2-4-10-27(35)32-24-8-6-5-7-23(24)30/h4-8,10-17,26,34H,2-3,9,30H2,1H3,(H,31,36)(H,32,35)/b10-4+/t26-/m1/s1. The number of phenols is 1. The van der Waals surface area contributed by atoms with Crippen LogP contribution in [0.15, 0.2) is 83.4 Å². The lowest BCUT2D eigenvalue weighted by atomic mass is 10.0. The van der Waals surface area contributed by atoms with Gasteiger partial charge in [0.1, 0.15) is 11.9 Å². The van der Waals surface area contributed by atoms with Crippen molar-refractivity contribution in [2.75, 3.05) is 16.4 Å². The monoisotopic (exact) mass is 565 g/mol. The molecule has 3 aromatic carbocycles. The number of nitrogen functional groups attached to an aromatic ring is 1. The molecule has 0 fully saturated rings. The number of allylic oxidation sites excluding steroid dienone is 1. The highest BCUT2D eigenvalue weighted by Gasteiger charge is 2.20. The highest BCUT2D eigenvalue weighted by Crippen LogP contribution is 2.33. The van der Waals surface area contributed by atoms with Crippen LogP contribution in [0.1, 0.15) is 48.2 Å². The van der Waals surface area contributed by atoms with E-state index < -0.39 is 12.2 Å². The van der Waals surface area contributed by atoms with Gasteiger partial charge < -0.3 is 20.9 Å². The van der Waals surface area contributed by atoms with E-state index in [1.807, 2.05) is 0 Å². The fraction of sp³-hybridized carbons (Fsp3) is 0.179. The predicted octanol–water partition coefficient (Wildman–Crippen LogP) is 6.59. The molecule has 3 rings (SSSR count). The third-order valence-electron chi connectivity index (χ3n) is 5.45. The van der Waals surface area contributed by atoms with E-state index >= 15 is 0 Å². The zero-order chi connectivity index (χ0) is 26.8. The Morgan fingerprint density at radius 2 is 1.78 bits per heavy atom. The number of aromatic hydroxyl groups is 1. The number of carbonyl (C=O) groups is 3. The van der Waals surface area contributed by atoms with Gasteiger partial charge in [0.15, 0.2) is 5.78 Å². The van der Waals surface area contributed by atoms with Crippen molar-refractivity contribution in [1.82, 2.24) is 0 Å². The van der Waals surface area contributed by atoms with Gasteiger partial charge in [0.2, 0.25) is 5.91 Å². The molecule has 192 valence electrons. The summed E-state index contributed by atoms with van der Waals surface area (Å²) in [6.07, 6.45) is 3.24. The van der Waals surface area contributed by atoms with E-state index in [1.54, 1.807) is 66.7 Å². The average molecular weight is 566 g/mol. The summed E-state index contributed by atoms with van der Waals surface area (Å²) in [5.74, 6) is -0.372. The minimum absolute atomic E-state index is 0.00202. The zero-order valence-electron chi connectivity index (χ0n) is 20.2. The first kappa shape index (κ1) is 27.5. The molecule has 8 nitrogen and oxygen atoms in total. The van der Waals surface area contributed by atoms with Crippen LogP contribution in [0.4, 0.5) is 21.9 Å². The van der Waals surface area contributed by atoms with E-state index in [0.29, 0.717) is 47.5 Å². The maximum absolute atomic E-state index is 12.6. The molecule has 37 heavy (non-hydrogen) atoms. The second-order valence-corrected chi connectivity index (χ2v) is 9.18. The summed E-state index contributed by atoms with van der Waals surface area (Å²) in [4.78, 5) is 36.2. The number of amides is 2. The fourth-order valence-corrected chi connectivity index (χ4v) is 3.90. The molecule has 0 aromatic heterocycles.